The van der Waals surface area contributed by atoms with Crippen LogP contribution in [0.4, 0.5) is 10.1 Å². The first-order valence-electron chi connectivity index (χ1n) is 7.89. The number of halogens is 2. The summed E-state index contributed by atoms with van der Waals surface area (Å²) in [4.78, 5) is 10.3. The molecule has 1 fully saturated rings. The van der Waals surface area contributed by atoms with E-state index in [2.05, 4.69) is 0 Å². The van der Waals surface area contributed by atoms with E-state index in [1.54, 1.807) is 24.3 Å². The number of non-ortho nitro benzene ring substituents is 1. The molecule has 0 amide bonds. The first-order valence-corrected chi connectivity index (χ1v) is 8.27. The predicted octanol–water partition coefficient (Wildman–Crippen LogP) is 5.63. The van der Waals surface area contributed by atoms with E-state index in [9.17, 15) is 14.5 Å². The second-order valence-electron chi connectivity index (χ2n) is 6.04. The fourth-order valence-corrected chi connectivity index (χ4v) is 3.33. The smallest absolute Gasteiger partial charge is 0.269 e. The van der Waals surface area contributed by atoms with Gasteiger partial charge in [-0.1, -0.05) is 24.1 Å². The van der Waals surface area contributed by atoms with Gasteiger partial charge in [0.15, 0.2) is 0 Å². The molecule has 126 valence electrons. The molecule has 3 rings (SSSR count). The van der Waals surface area contributed by atoms with Gasteiger partial charge < -0.3 is 4.74 Å². The highest BCUT2D eigenvalue weighted by atomic mass is 35.5. The normalized spacial score (nSPS) is 16.6. The fraction of sp³-hybridized carbons (Fsp3) is 0.333. The monoisotopic (exact) mass is 349 g/mol. The van der Waals surface area contributed by atoms with Crippen LogP contribution in [0.2, 0.25) is 5.02 Å². The maximum absolute atomic E-state index is 13.9. The number of hydrogen-bond acceptors (Lipinski definition) is 3. The standard InChI is InChI=1S/C18H17ClFNO3/c19-16-9-4-13(12-17(16)20)18(10-2-1-3-11-18)24-15-7-5-14(6-8-15)21(22)23/h4-9,12H,1-3,10-11H2. The minimum atomic E-state index is -0.625. The average Bonchev–Trinajstić information content (AvgIpc) is 2.58. The number of nitrogens with zero attached hydrogens (tertiary/aromatic N) is 1. The summed E-state index contributed by atoms with van der Waals surface area (Å²) in [6, 6.07) is 10.8. The average molecular weight is 350 g/mol. The Morgan fingerprint density at radius 1 is 1.08 bits per heavy atom. The Labute approximate surface area is 144 Å². The van der Waals surface area contributed by atoms with E-state index in [1.165, 1.54) is 18.2 Å². The van der Waals surface area contributed by atoms with Gasteiger partial charge in [0.25, 0.3) is 5.69 Å². The van der Waals surface area contributed by atoms with Gasteiger partial charge in [0.1, 0.15) is 17.2 Å². The highest BCUT2D eigenvalue weighted by Crippen LogP contribution is 2.42. The van der Waals surface area contributed by atoms with Crippen molar-refractivity contribution in [1.29, 1.82) is 0 Å². The lowest BCUT2D eigenvalue weighted by atomic mass is 9.79. The quantitative estimate of drug-likeness (QED) is 0.531. The lowest BCUT2D eigenvalue weighted by Gasteiger charge is -2.38. The van der Waals surface area contributed by atoms with Crippen molar-refractivity contribution in [2.75, 3.05) is 0 Å². The van der Waals surface area contributed by atoms with Crippen molar-refractivity contribution in [2.24, 2.45) is 0 Å². The summed E-state index contributed by atoms with van der Waals surface area (Å²) in [6.45, 7) is 0. The molecular weight excluding hydrogens is 333 g/mol. The Morgan fingerprint density at radius 2 is 1.75 bits per heavy atom. The molecule has 2 aromatic carbocycles. The molecule has 6 heteroatoms. The van der Waals surface area contributed by atoms with Crippen LogP contribution in [-0.4, -0.2) is 4.92 Å². The third kappa shape index (κ3) is 3.36. The zero-order valence-corrected chi connectivity index (χ0v) is 13.8. The van der Waals surface area contributed by atoms with Gasteiger partial charge in [-0.15, -0.1) is 0 Å². The van der Waals surface area contributed by atoms with E-state index < -0.39 is 16.3 Å². The molecule has 0 spiro atoms. The second kappa shape index (κ2) is 6.77. The SMILES string of the molecule is O=[N+]([O-])c1ccc(OC2(c3ccc(Cl)c(F)c3)CCCCC2)cc1. The summed E-state index contributed by atoms with van der Waals surface area (Å²) in [6.07, 6.45) is 4.62. The number of ether oxygens (including phenoxy) is 1. The van der Waals surface area contributed by atoms with Crippen LogP contribution in [0.5, 0.6) is 5.75 Å². The van der Waals surface area contributed by atoms with Gasteiger partial charge in [0, 0.05) is 12.1 Å². The van der Waals surface area contributed by atoms with Gasteiger partial charge in [-0.25, -0.2) is 4.39 Å². The second-order valence-corrected chi connectivity index (χ2v) is 6.44. The largest absolute Gasteiger partial charge is 0.483 e. The van der Waals surface area contributed by atoms with Crippen LogP contribution in [0, 0.1) is 15.9 Å². The van der Waals surface area contributed by atoms with E-state index in [1.807, 2.05) is 0 Å². The molecule has 1 aliphatic rings. The molecule has 0 heterocycles. The van der Waals surface area contributed by atoms with Gasteiger partial charge in [-0.2, -0.15) is 0 Å². The Morgan fingerprint density at radius 3 is 2.33 bits per heavy atom. The van der Waals surface area contributed by atoms with Crippen LogP contribution in [0.1, 0.15) is 37.7 Å². The zero-order chi connectivity index (χ0) is 17.2. The van der Waals surface area contributed by atoms with Crippen molar-refractivity contribution in [1.82, 2.24) is 0 Å². The highest BCUT2D eigenvalue weighted by Gasteiger charge is 2.36. The molecule has 0 radical (unpaired) electrons. The van der Waals surface area contributed by atoms with Crippen molar-refractivity contribution in [3.63, 3.8) is 0 Å². The molecule has 2 aromatic rings. The summed E-state index contributed by atoms with van der Waals surface area (Å²) < 4.78 is 20.1. The minimum absolute atomic E-state index is 0.0116. The molecule has 0 bridgehead atoms. The van der Waals surface area contributed by atoms with E-state index in [0.29, 0.717) is 5.75 Å². The number of nitro groups is 1. The van der Waals surface area contributed by atoms with Gasteiger partial charge in [-0.05, 0) is 55.5 Å². The maximum atomic E-state index is 13.9. The molecule has 0 unspecified atom stereocenters. The third-order valence-corrected chi connectivity index (χ3v) is 4.77. The molecule has 4 nitrogen and oxygen atoms in total. The van der Waals surface area contributed by atoms with Gasteiger partial charge >= 0.3 is 0 Å². The molecule has 24 heavy (non-hydrogen) atoms. The summed E-state index contributed by atoms with van der Waals surface area (Å²) in [5.41, 5.74) is 0.139. The van der Waals surface area contributed by atoms with Gasteiger partial charge in [-0.3, -0.25) is 10.1 Å². The fourth-order valence-electron chi connectivity index (χ4n) is 3.21. The Hall–Kier alpha value is -2.14. The first kappa shape index (κ1) is 16.7. The highest BCUT2D eigenvalue weighted by molar-refractivity contribution is 6.30. The topological polar surface area (TPSA) is 52.4 Å². The first-order chi connectivity index (χ1) is 11.5. The third-order valence-electron chi connectivity index (χ3n) is 4.47. The van der Waals surface area contributed by atoms with Crippen molar-refractivity contribution in [3.05, 3.63) is 69.0 Å². The van der Waals surface area contributed by atoms with Crippen molar-refractivity contribution < 1.29 is 14.1 Å². The molecule has 0 aliphatic heterocycles. The Balaban J connectivity index is 1.93. The number of hydrogen-bond donors (Lipinski definition) is 0. The number of benzene rings is 2. The Kier molecular flexibility index (Phi) is 4.71. The van der Waals surface area contributed by atoms with Crippen molar-refractivity contribution >= 4 is 17.3 Å². The van der Waals surface area contributed by atoms with Crippen LogP contribution in [0.3, 0.4) is 0 Å². The van der Waals surface area contributed by atoms with Crippen LogP contribution >= 0.6 is 11.6 Å². The van der Waals surface area contributed by atoms with E-state index in [4.69, 9.17) is 16.3 Å². The minimum Gasteiger partial charge on any atom is -0.483 e. The lowest BCUT2D eigenvalue weighted by Crippen LogP contribution is -2.35. The van der Waals surface area contributed by atoms with E-state index >= 15 is 0 Å². The molecule has 0 atom stereocenters. The lowest BCUT2D eigenvalue weighted by molar-refractivity contribution is -0.384. The van der Waals surface area contributed by atoms with Crippen LogP contribution < -0.4 is 4.74 Å². The van der Waals surface area contributed by atoms with E-state index in [-0.39, 0.29) is 10.7 Å². The summed E-state index contributed by atoms with van der Waals surface area (Å²) in [5.74, 6) is 0.0734. The predicted molar refractivity (Wildman–Crippen MR) is 89.9 cm³/mol. The molecule has 0 aromatic heterocycles. The number of nitro benzene ring substituents is 1. The summed E-state index contributed by atoms with van der Waals surface area (Å²) >= 11 is 5.79. The Bertz CT molecular complexity index is 742. The van der Waals surface area contributed by atoms with Crippen LogP contribution in [0.25, 0.3) is 0 Å². The molecule has 1 aliphatic carbocycles. The molecule has 0 saturated heterocycles. The zero-order valence-electron chi connectivity index (χ0n) is 13.0. The van der Waals surface area contributed by atoms with Crippen LogP contribution in [0.15, 0.2) is 42.5 Å². The van der Waals surface area contributed by atoms with Gasteiger partial charge in [0.2, 0.25) is 0 Å². The van der Waals surface area contributed by atoms with E-state index in [0.717, 1.165) is 37.7 Å². The van der Waals surface area contributed by atoms with Gasteiger partial charge in [0.05, 0.1) is 9.95 Å². The van der Waals surface area contributed by atoms with Crippen molar-refractivity contribution in [3.8, 4) is 5.75 Å². The molecule has 0 N–H and O–H groups in total. The number of rotatable bonds is 4. The summed E-state index contributed by atoms with van der Waals surface area (Å²) in [7, 11) is 0. The molecule has 1 saturated carbocycles. The van der Waals surface area contributed by atoms with Crippen molar-refractivity contribution in [2.45, 2.75) is 37.7 Å². The summed E-state index contributed by atoms with van der Waals surface area (Å²) in [5, 5.41) is 10.9. The van der Waals surface area contributed by atoms with Crippen LogP contribution in [-0.2, 0) is 5.60 Å². The maximum Gasteiger partial charge on any atom is 0.269 e. The molecular formula is C18H17ClFNO3.